The second-order valence-corrected chi connectivity index (χ2v) is 10.3. The van der Waals surface area contributed by atoms with Gasteiger partial charge in [0.2, 0.25) is 5.91 Å². The molecular weight excluding hydrogens is 487 g/mol. The van der Waals surface area contributed by atoms with Crippen molar-refractivity contribution in [3.8, 4) is 0 Å². The average molecular weight is 519 g/mol. The van der Waals surface area contributed by atoms with Crippen molar-refractivity contribution in [2.45, 2.75) is 51.0 Å². The Morgan fingerprint density at radius 1 is 1.20 bits per heavy atom. The highest BCUT2D eigenvalue weighted by molar-refractivity contribution is 6.34. The van der Waals surface area contributed by atoms with Crippen molar-refractivity contribution in [1.82, 2.24) is 15.2 Å². The highest BCUT2D eigenvalue weighted by Gasteiger charge is 2.28. The third kappa shape index (κ3) is 7.32. The molecule has 1 saturated heterocycles. The van der Waals surface area contributed by atoms with Crippen LogP contribution in [0.2, 0.25) is 10.0 Å². The van der Waals surface area contributed by atoms with Gasteiger partial charge in [-0.25, -0.2) is 4.98 Å². The summed E-state index contributed by atoms with van der Waals surface area (Å²) in [7, 11) is 0. The zero-order valence-corrected chi connectivity index (χ0v) is 21.2. The lowest BCUT2D eigenvalue weighted by Gasteiger charge is -2.33. The number of aryl methyl sites for hydroxylation is 2. The molecule has 35 heavy (non-hydrogen) atoms. The molecule has 2 atom stereocenters. The number of carbonyl (C=O) groups excluding carboxylic acids is 1. The van der Waals surface area contributed by atoms with Gasteiger partial charge < -0.3 is 20.6 Å². The number of aliphatic carboxylic acids is 1. The summed E-state index contributed by atoms with van der Waals surface area (Å²) in [4.78, 5) is 31.6. The fourth-order valence-electron chi connectivity index (χ4n) is 4.96. The lowest BCUT2D eigenvalue weighted by atomic mass is 9.95. The summed E-state index contributed by atoms with van der Waals surface area (Å²) in [6.45, 7) is 3.52. The molecule has 3 N–H and O–H groups in total. The van der Waals surface area contributed by atoms with E-state index in [0.29, 0.717) is 22.2 Å². The zero-order chi connectivity index (χ0) is 24.8. The predicted molar refractivity (Wildman–Crippen MR) is 138 cm³/mol. The molecule has 188 valence electrons. The number of piperidine rings is 1. The van der Waals surface area contributed by atoms with Crippen molar-refractivity contribution in [2.24, 2.45) is 5.92 Å². The van der Waals surface area contributed by atoms with Gasteiger partial charge in [-0.15, -0.1) is 0 Å². The van der Waals surface area contributed by atoms with Gasteiger partial charge in [0.15, 0.2) is 0 Å². The first-order valence-electron chi connectivity index (χ1n) is 12.3. The topological polar surface area (TPSA) is 94.6 Å². The van der Waals surface area contributed by atoms with Crippen molar-refractivity contribution in [2.75, 3.05) is 31.5 Å². The Hall–Kier alpha value is -2.35. The van der Waals surface area contributed by atoms with E-state index in [0.717, 1.165) is 69.7 Å². The molecule has 1 fully saturated rings. The highest BCUT2D eigenvalue weighted by atomic mass is 35.5. The fraction of sp³-hybridized carbons (Fsp3) is 0.500. The van der Waals surface area contributed by atoms with E-state index in [1.807, 2.05) is 0 Å². The third-order valence-corrected chi connectivity index (χ3v) is 7.15. The number of anilines is 1. The van der Waals surface area contributed by atoms with Crippen LogP contribution in [-0.2, 0) is 22.4 Å². The molecule has 2 aliphatic heterocycles. The van der Waals surface area contributed by atoms with E-state index in [-0.39, 0.29) is 18.2 Å². The Balaban J connectivity index is 1.30. The van der Waals surface area contributed by atoms with E-state index < -0.39 is 12.0 Å². The lowest BCUT2D eigenvalue weighted by Crippen LogP contribution is -2.44. The maximum absolute atomic E-state index is 13.1. The van der Waals surface area contributed by atoms with E-state index in [2.05, 4.69) is 27.7 Å². The quantitative estimate of drug-likeness (QED) is 0.444. The van der Waals surface area contributed by atoms with Crippen LogP contribution in [0.25, 0.3) is 0 Å². The maximum Gasteiger partial charge on any atom is 0.305 e. The summed E-state index contributed by atoms with van der Waals surface area (Å²) in [5.41, 5.74) is 2.99. The van der Waals surface area contributed by atoms with Crippen molar-refractivity contribution >= 4 is 40.9 Å². The molecule has 0 radical (unpaired) electrons. The Labute approximate surface area is 216 Å². The number of nitrogens with one attached hydrogen (secondary N) is 2. The summed E-state index contributed by atoms with van der Waals surface area (Å²) in [6, 6.07) is 8.52. The number of likely N-dealkylation sites (tertiary alicyclic amines) is 1. The molecule has 0 bridgehead atoms. The van der Waals surface area contributed by atoms with E-state index in [4.69, 9.17) is 28.2 Å². The number of carboxylic acids is 1. The first kappa shape index (κ1) is 25.7. The van der Waals surface area contributed by atoms with Crippen LogP contribution >= 0.6 is 23.2 Å². The summed E-state index contributed by atoms with van der Waals surface area (Å²) < 4.78 is 0. The van der Waals surface area contributed by atoms with Gasteiger partial charge in [0.1, 0.15) is 5.82 Å². The van der Waals surface area contributed by atoms with Gasteiger partial charge in [-0.3, -0.25) is 9.59 Å². The molecule has 0 aliphatic carbocycles. The van der Waals surface area contributed by atoms with Crippen molar-refractivity contribution < 1.29 is 14.7 Å². The van der Waals surface area contributed by atoms with Crippen LogP contribution in [0.3, 0.4) is 0 Å². The molecule has 4 rings (SSSR count). The highest BCUT2D eigenvalue weighted by Crippen LogP contribution is 2.27. The first-order chi connectivity index (χ1) is 16.9. The number of hydrogen-bond donors (Lipinski definition) is 3. The molecule has 2 aliphatic rings. The lowest BCUT2D eigenvalue weighted by molar-refractivity contribution is -0.138. The molecule has 1 amide bonds. The number of hydrogen-bond acceptors (Lipinski definition) is 5. The van der Waals surface area contributed by atoms with Gasteiger partial charge >= 0.3 is 5.97 Å². The molecule has 0 spiro atoms. The number of pyridine rings is 1. The second kappa shape index (κ2) is 12.1. The molecular formula is C26H32Cl2N4O3. The molecule has 1 aromatic heterocycles. The van der Waals surface area contributed by atoms with Crippen LogP contribution in [0.5, 0.6) is 0 Å². The number of nitrogens with zero attached hydrogens (tertiary/aromatic N) is 2. The Bertz CT molecular complexity index is 1040. The molecule has 1 aromatic carbocycles. The van der Waals surface area contributed by atoms with Crippen molar-refractivity contribution in [1.29, 1.82) is 0 Å². The predicted octanol–water partition coefficient (Wildman–Crippen LogP) is 4.72. The number of halogens is 2. The van der Waals surface area contributed by atoms with Gasteiger partial charge in [0.25, 0.3) is 0 Å². The number of rotatable bonds is 9. The van der Waals surface area contributed by atoms with Gasteiger partial charge in [0, 0.05) is 28.8 Å². The standard InChI is InChI=1S/C26H32Cl2N4O3/c27-20-12-19(13-21(28)14-20)23(15-24(33)34)31-26(35)18-5-2-10-32(16-18)11-3-6-22-8-7-17-4-1-9-29-25(17)30-22/h7-8,12-14,18,23H,1-6,9-11,15-16H2,(H,29,30)(H,31,35)(H,33,34). The van der Waals surface area contributed by atoms with Gasteiger partial charge in [-0.2, -0.15) is 0 Å². The van der Waals surface area contributed by atoms with Gasteiger partial charge in [-0.05, 0) is 87.0 Å². The third-order valence-electron chi connectivity index (χ3n) is 6.72. The van der Waals surface area contributed by atoms with Crippen LogP contribution in [0, 0.1) is 5.92 Å². The number of benzene rings is 1. The number of carboxylic acid groups (broad SMARTS) is 1. The minimum atomic E-state index is -0.998. The molecule has 2 aromatic rings. The van der Waals surface area contributed by atoms with Crippen LogP contribution in [-0.4, -0.2) is 53.0 Å². The van der Waals surface area contributed by atoms with Gasteiger partial charge in [-0.1, -0.05) is 29.3 Å². The Morgan fingerprint density at radius 2 is 2.00 bits per heavy atom. The zero-order valence-electron chi connectivity index (χ0n) is 19.7. The van der Waals surface area contributed by atoms with Crippen LogP contribution in [0.4, 0.5) is 5.82 Å². The SMILES string of the molecule is O=C(O)CC(NC(=O)C1CCCN(CCCc2ccc3c(n2)NCCC3)C1)c1cc(Cl)cc(Cl)c1. The number of fused-ring (bicyclic) bond motifs is 1. The Morgan fingerprint density at radius 3 is 2.77 bits per heavy atom. The van der Waals surface area contributed by atoms with Gasteiger partial charge in [0.05, 0.1) is 18.4 Å². The van der Waals surface area contributed by atoms with Crippen LogP contribution in [0.1, 0.15) is 55.0 Å². The monoisotopic (exact) mass is 518 g/mol. The summed E-state index contributed by atoms with van der Waals surface area (Å²) >= 11 is 12.2. The average Bonchev–Trinajstić information content (AvgIpc) is 2.83. The van der Waals surface area contributed by atoms with Crippen LogP contribution < -0.4 is 10.6 Å². The fourth-order valence-corrected chi connectivity index (χ4v) is 5.50. The molecule has 2 unspecified atom stereocenters. The van der Waals surface area contributed by atoms with Crippen molar-refractivity contribution in [3.05, 3.63) is 57.2 Å². The van der Waals surface area contributed by atoms with E-state index in [1.54, 1.807) is 18.2 Å². The normalized spacial score (nSPS) is 18.9. The van der Waals surface area contributed by atoms with E-state index >= 15 is 0 Å². The number of carbonyl (C=O) groups is 2. The molecule has 3 heterocycles. The maximum atomic E-state index is 13.1. The van der Waals surface area contributed by atoms with E-state index in [1.165, 1.54) is 5.56 Å². The molecule has 0 saturated carbocycles. The largest absolute Gasteiger partial charge is 0.481 e. The van der Waals surface area contributed by atoms with Crippen LogP contribution in [0.15, 0.2) is 30.3 Å². The Kier molecular flexibility index (Phi) is 8.87. The van der Waals surface area contributed by atoms with Crippen molar-refractivity contribution in [3.63, 3.8) is 0 Å². The summed E-state index contributed by atoms with van der Waals surface area (Å²) in [5.74, 6) is -0.275. The summed E-state index contributed by atoms with van der Waals surface area (Å²) in [5, 5.41) is 16.5. The summed E-state index contributed by atoms with van der Waals surface area (Å²) in [6.07, 6.45) is 5.61. The number of amides is 1. The number of aromatic nitrogens is 1. The smallest absolute Gasteiger partial charge is 0.305 e. The van der Waals surface area contributed by atoms with E-state index in [9.17, 15) is 14.7 Å². The second-order valence-electron chi connectivity index (χ2n) is 9.45. The molecule has 9 heteroatoms. The minimum absolute atomic E-state index is 0.125. The minimum Gasteiger partial charge on any atom is -0.481 e. The first-order valence-corrected chi connectivity index (χ1v) is 13.1. The molecule has 7 nitrogen and oxygen atoms in total.